The zero-order valence-electron chi connectivity index (χ0n) is 12.2. The van der Waals surface area contributed by atoms with Crippen molar-refractivity contribution in [2.24, 2.45) is 0 Å². The van der Waals surface area contributed by atoms with Crippen LogP contribution in [0.1, 0.15) is 0 Å². The van der Waals surface area contributed by atoms with Gasteiger partial charge in [0, 0.05) is 4.47 Å². The van der Waals surface area contributed by atoms with Gasteiger partial charge in [0.25, 0.3) is 5.56 Å². The van der Waals surface area contributed by atoms with Crippen molar-refractivity contribution in [3.63, 3.8) is 0 Å². The second-order valence-corrected chi connectivity index (χ2v) is 6.06. The molecular formula is C17H15BrN2O3. The molecule has 5 nitrogen and oxygen atoms in total. The van der Waals surface area contributed by atoms with E-state index < -0.39 is 6.10 Å². The summed E-state index contributed by atoms with van der Waals surface area (Å²) >= 11 is 3.36. The van der Waals surface area contributed by atoms with Gasteiger partial charge in [0.2, 0.25) is 0 Å². The molecule has 1 aromatic heterocycles. The second-order valence-electron chi connectivity index (χ2n) is 5.14. The van der Waals surface area contributed by atoms with Gasteiger partial charge in [-0.05, 0) is 30.3 Å². The second kappa shape index (κ2) is 6.93. The summed E-state index contributed by atoms with van der Waals surface area (Å²) in [5.74, 6) is 0.655. The van der Waals surface area contributed by atoms with Crippen LogP contribution in [-0.2, 0) is 6.54 Å². The molecule has 23 heavy (non-hydrogen) atoms. The maximum absolute atomic E-state index is 12.3. The minimum atomic E-state index is -0.811. The molecule has 6 heteroatoms. The highest BCUT2D eigenvalue weighted by Crippen LogP contribution is 2.17. The fourth-order valence-electron chi connectivity index (χ4n) is 2.27. The van der Waals surface area contributed by atoms with Crippen LogP contribution in [0.15, 0.2) is 64.1 Å². The molecule has 0 spiro atoms. The molecule has 0 fully saturated rings. The fraction of sp³-hybridized carbons (Fsp3) is 0.176. The van der Waals surface area contributed by atoms with Crippen LogP contribution in [0.2, 0.25) is 0 Å². The fourth-order valence-corrected chi connectivity index (χ4v) is 2.64. The molecule has 118 valence electrons. The molecule has 0 aliphatic heterocycles. The van der Waals surface area contributed by atoms with E-state index in [1.54, 1.807) is 24.3 Å². The molecule has 0 radical (unpaired) electrons. The van der Waals surface area contributed by atoms with E-state index in [-0.39, 0.29) is 18.7 Å². The number of nitrogens with zero attached hydrogens (tertiary/aromatic N) is 2. The van der Waals surface area contributed by atoms with Gasteiger partial charge in [-0.25, -0.2) is 4.98 Å². The number of aliphatic hydroxyl groups excluding tert-OH is 1. The standard InChI is InChI=1S/C17H15BrN2O3/c18-12-4-3-5-14(8-12)23-10-13(21)9-20-11-19-16-7-2-1-6-15(16)17(20)22/h1-8,11,13,21H,9-10H2. The number of ether oxygens (including phenoxy) is 1. The largest absolute Gasteiger partial charge is 0.491 e. The zero-order chi connectivity index (χ0) is 16.2. The lowest BCUT2D eigenvalue weighted by Gasteiger charge is -2.14. The smallest absolute Gasteiger partial charge is 0.261 e. The van der Waals surface area contributed by atoms with E-state index in [1.165, 1.54) is 10.9 Å². The van der Waals surface area contributed by atoms with Crippen LogP contribution in [0.25, 0.3) is 10.9 Å². The molecule has 0 saturated carbocycles. The van der Waals surface area contributed by atoms with Crippen LogP contribution in [0.4, 0.5) is 0 Å². The molecule has 0 aliphatic carbocycles. The Balaban J connectivity index is 1.69. The molecule has 0 amide bonds. The highest BCUT2D eigenvalue weighted by molar-refractivity contribution is 9.10. The summed E-state index contributed by atoms with van der Waals surface area (Å²) in [5, 5.41) is 10.6. The first-order valence-corrected chi connectivity index (χ1v) is 7.93. The Hall–Kier alpha value is -2.18. The van der Waals surface area contributed by atoms with Crippen molar-refractivity contribution < 1.29 is 9.84 Å². The van der Waals surface area contributed by atoms with Crippen molar-refractivity contribution in [1.82, 2.24) is 9.55 Å². The summed E-state index contributed by atoms with van der Waals surface area (Å²) < 4.78 is 7.83. The summed E-state index contributed by atoms with van der Waals surface area (Å²) in [4.78, 5) is 16.6. The van der Waals surface area contributed by atoms with E-state index in [9.17, 15) is 9.90 Å². The molecule has 0 saturated heterocycles. The third-order valence-electron chi connectivity index (χ3n) is 3.38. The van der Waals surface area contributed by atoms with E-state index >= 15 is 0 Å². The number of fused-ring (bicyclic) bond motifs is 1. The van der Waals surface area contributed by atoms with Crippen LogP contribution in [0.5, 0.6) is 5.75 Å². The number of halogens is 1. The van der Waals surface area contributed by atoms with Crippen molar-refractivity contribution in [3.05, 3.63) is 69.7 Å². The number of aromatic nitrogens is 2. The third kappa shape index (κ3) is 3.78. The Bertz CT molecular complexity index is 879. The lowest BCUT2D eigenvalue weighted by Crippen LogP contribution is -2.30. The van der Waals surface area contributed by atoms with Crippen molar-refractivity contribution in [3.8, 4) is 5.75 Å². The van der Waals surface area contributed by atoms with Crippen molar-refractivity contribution >= 4 is 26.8 Å². The predicted molar refractivity (Wildman–Crippen MR) is 91.6 cm³/mol. The van der Waals surface area contributed by atoms with Gasteiger partial charge in [-0.3, -0.25) is 9.36 Å². The van der Waals surface area contributed by atoms with Gasteiger partial charge in [0.05, 0.1) is 23.8 Å². The molecule has 3 rings (SSSR count). The molecule has 1 unspecified atom stereocenters. The van der Waals surface area contributed by atoms with Crippen LogP contribution in [-0.4, -0.2) is 27.4 Å². The molecule has 0 aliphatic rings. The van der Waals surface area contributed by atoms with Crippen LogP contribution >= 0.6 is 15.9 Å². The lowest BCUT2D eigenvalue weighted by molar-refractivity contribution is 0.0914. The molecule has 1 N–H and O–H groups in total. The third-order valence-corrected chi connectivity index (χ3v) is 3.87. The first-order valence-electron chi connectivity index (χ1n) is 7.14. The minimum Gasteiger partial charge on any atom is -0.491 e. The molecule has 1 heterocycles. The van der Waals surface area contributed by atoms with Crippen molar-refractivity contribution in [2.45, 2.75) is 12.6 Å². The molecule has 3 aromatic rings. The van der Waals surface area contributed by atoms with Crippen molar-refractivity contribution in [2.75, 3.05) is 6.61 Å². The van der Waals surface area contributed by atoms with E-state index in [0.29, 0.717) is 16.7 Å². The maximum Gasteiger partial charge on any atom is 0.261 e. The van der Waals surface area contributed by atoms with Gasteiger partial charge >= 0.3 is 0 Å². The SMILES string of the molecule is O=c1c2ccccc2ncn1CC(O)COc1cccc(Br)c1. The van der Waals surface area contributed by atoms with Gasteiger partial charge < -0.3 is 9.84 Å². The highest BCUT2D eigenvalue weighted by Gasteiger charge is 2.10. The minimum absolute atomic E-state index is 0.0930. The Morgan fingerprint density at radius 3 is 2.87 bits per heavy atom. The average molecular weight is 375 g/mol. The predicted octanol–water partition coefficient (Wildman–Crippen LogP) is 2.60. The average Bonchev–Trinajstić information content (AvgIpc) is 2.56. The number of para-hydroxylation sites is 1. The Labute approximate surface area is 141 Å². The summed E-state index contributed by atoms with van der Waals surface area (Å²) in [7, 11) is 0. The zero-order valence-corrected chi connectivity index (χ0v) is 13.8. The first kappa shape index (κ1) is 15.7. The van der Waals surface area contributed by atoms with E-state index in [2.05, 4.69) is 20.9 Å². The van der Waals surface area contributed by atoms with Gasteiger partial charge in [-0.2, -0.15) is 0 Å². The molecular weight excluding hydrogens is 360 g/mol. The molecule has 1 atom stereocenters. The Morgan fingerprint density at radius 2 is 2.04 bits per heavy atom. The first-order chi connectivity index (χ1) is 11.1. The number of benzene rings is 2. The number of aliphatic hydroxyl groups is 1. The van der Waals surface area contributed by atoms with Crippen LogP contribution in [0, 0.1) is 0 Å². The normalized spacial score (nSPS) is 12.3. The highest BCUT2D eigenvalue weighted by atomic mass is 79.9. The van der Waals surface area contributed by atoms with Crippen LogP contribution < -0.4 is 10.3 Å². The summed E-state index contributed by atoms with van der Waals surface area (Å²) in [6.07, 6.45) is 0.641. The molecule has 0 bridgehead atoms. The lowest BCUT2D eigenvalue weighted by atomic mass is 10.2. The number of rotatable bonds is 5. The van der Waals surface area contributed by atoms with Crippen molar-refractivity contribution in [1.29, 1.82) is 0 Å². The number of hydrogen-bond acceptors (Lipinski definition) is 4. The van der Waals surface area contributed by atoms with E-state index in [1.807, 2.05) is 24.3 Å². The van der Waals surface area contributed by atoms with Gasteiger partial charge in [0.15, 0.2) is 0 Å². The quantitative estimate of drug-likeness (QED) is 0.745. The Morgan fingerprint density at radius 1 is 1.22 bits per heavy atom. The monoisotopic (exact) mass is 374 g/mol. The summed E-state index contributed by atoms with van der Waals surface area (Å²) in [5.41, 5.74) is 0.478. The van der Waals surface area contributed by atoms with E-state index in [4.69, 9.17) is 4.74 Å². The van der Waals surface area contributed by atoms with Crippen LogP contribution in [0.3, 0.4) is 0 Å². The van der Waals surface area contributed by atoms with Gasteiger partial charge in [-0.1, -0.05) is 34.1 Å². The topological polar surface area (TPSA) is 64.4 Å². The number of hydrogen-bond donors (Lipinski definition) is 1. The summed E-state index contributed by atoms with van der Waals surface area (Å²) in [6, 6.07) is 14.5. The van der Waals surface area contributed by atoms with E-state index in [0.717, 1.165) is 4.47 Å². The van der Waals surface area contributed by atoms with Gasteiger partial charge in [0.1, 0.15) is 18.5 Å². The molecule has 2 aromatic carbocycles. The summed E-state index contributed by atoms with van der Waals surface area (Å²) in [6.45, 7) is 0.223. The van der Waals surface area contributed by atoms with Gasteiger partial charge in [-0.15, -0.1) is 0 Å². The maximum atomic E-state index is 12.3. The Kier molecular flexibility index (Phi) is 4.73.